The minimum absolute atomic E-state index is 0.0583. The van der Waals surface area contributed by atoms with Gasteiger partial charge in [-0.3, -0.25) is 0 Å². The number of rotatable bonds is 5. The first kappa shape index (κ1) is 21.8. The predicted molar refractivity (Wildman–Crippen MR) is 99.2 cm³/mol. The number of anilines is 1. The van der Waals surface area contributed by atoms with Crippen LogP contribution in [0, 0.1) is 6.92 Å². The average molecular weight is 446 g/mol. The van der Waals surface area contributed by atoms with E-state index in [1.807, 2.05) is 0 Å². The molecule has 0 radical (unpaired) electrons. The molecule has 1 N–H and O–H groups in total. The number of likely N-dealkylation sites (N-methyl/N-ethyl adjacent to an activating group) is 1. The number of carbonyl (C=O) groups is 1. The van der Waals surface area contributed by atoms with Crippen LogP contribution in [0.2, 0.25) is 0 Å². The second kappa shape index (κ2) is 7.72. The summed E-state index contributed by atoms with van der Waals surface area (Å²) in [6.45, 7) is 0.881. The van der Waals surface area contributed by atoms with Crippen LogP contribution in [0.3, 0.4) is 0 Å². The fraction of sp³-hybridized carbons (Fsp3) is 0.353. The first-order valence-electron chi connectivity index (χ1n) is 8.55. The van der Waals surface area contributed by atoms with Crippen LogP contribution in [0.25, 0.3) is 11.1 Å². The SMILES string of the molecule is Cc1nc(N2CCN(C)S2(=O)=O)ncc1-c1c(OCC(=O)O)cccc1C(F)(F)F. The Morgan fingerprint density at radius 1 is 1.30 bits per heavy atom. The smallest absolute Gasteiger partial charge is 0.417 e. The number of benzene rings is 1. The Morgan fingerprint density at radius 2 is 2.00 bits per heavy atom. The molecule has 30 heavy (non-hydrogen) atoms. The Balaban J connectivity index is 2.12. The average Bonchev–Trinajstić information content (AvgIpc) is 2.92. The van der Waals surface area contributed by atoms with Crippen LogP contribution in [-0.2, 0) is 21.2 Å². The van der Waals surface area contributed by atoms with Crippen molar-refractivity contribution in [2.24, 2.45) is 0 Å². The van der Waals surface area contributed by atoms with Crippen molar-refractivity contribution >= 4 is 22.1 Å². The van der Waals surface area contributed by atoms with Gasteiger partial charge in [-0.25, -0.2) is 19.1 Å². The molecular weight excluding hydrogens is 429 g/mol. The molecule has 1 aliphatic heterocycles. The van der Waals surface area contributed by atoms with Gasteiger partial charge in [-0.15, -0.1) is 0 Å². The van der Waals surface area contributed by atoms with Gasteiger partial charge in [0.1, 0.15) is 5.75 Å². The number of aromatic nitrogens is 2. The minimum atomic E-state index is -4.76. The highest BCUT2D eigenvalue weighted by molar-refractivity contribution is 7.90. The van der Waals surface area contributed by atoms with Crippen molar-refractivity contribution in [2.75, 3.05) is 31.0 Å². The molecule has 162 valence electrons. The highest BCUT2D eigenvalue weighted by Gasteiger charge is 2.38. The highest BCUT2D eigenvalue weighted by atomic mass is 32.2. The second-order valence-corrected chi connectivity index (χ2v) is 8.39. The van der Waals surface area contributed by atoms with Gasteiger partial charge in [0.2, 0.25) is 5.95 Å². The third-order valence-corrected chi connectivity index (χ3v) is 6.31. The lowest BCUT2D eigenvalue weighted by Crippen LogP contribution is -2.32. The molecule has 9 nitrogen and oxygen atoms in total. The number of aliphatic carboxylic acids is 1. The van der Waals surface area contributed by atoms with Crippen molar-refractivity contribution < 1.29 is 36.2 Å². The van der Waals surface area contributed by atoms with Gasteiger partial charge in [0, 0.05) is 30.9 Å². The summed E-state index contributed by atoms with van der Waals surface area (Å²) in [5.41, 5.74) is -1.46. The lowest BCUT2D eigenvalue weighted by Gasteiger charge is -2.20. The molecule has 1 saturated heterocycles. The zero-order valence-electron chi connectivity index (χ0n) is 15.8. The van der Waals surface area contributed by atoms with E-state index in [1.54, 1.807) is 0 Å². The Kier molecular flexibility index (Phi) is 5.60. The van der Waals surface area contributed by atoms with E-state index in [0.29, 0.717) is 0 Å². The van der Waals surface area contributed by atoms with Crippen molar-refractivity contribution in [2.45, 2.75) is 13.1 Å². The maximum atomic E-state index is 13.6. The lowest BCUT2D eigenvalue weighted by molar-refractivity contribution is -0.139. The molecule has 0 atom stereocenters. The van der Waals surface area contributed by atoms with Crippen molar-refractivity contribution in [1.29, 1.82) is 0 Å². The van der Waals surface area contributed by atoms with Gasteiger partial charge in [0.15, 0.2) is 6.61 Å². The molecule has 3 rings (SSSR count). The normalized spacial score (nSPS) is 16.6. The molecule has 0 aliphatic carbocycles. The number of halogens is 3. The van der Waals surface area contributed by atoms with Crippen LogP contribution in [0.5, 0.6) is 5.75 Å². The maximum absolute atomic E-state index is 13.6. The summed E-state index contributed by atoms with van der Waals surface area (Å²) in [5, 5.41) is 8.81. The number of aryl methyl sites for hydroxylation is 1. The van der Waals surface area contributed by atoms with Crippen LogP contribution in [-0.4, -0.2) is 60.5 Å². The third kappa shape index (κ3) is 4.03. The van der Waals surface area contributed by atoms with Gasteiger partial charge in [0.25, 0.3) is 0 Å². The standard InChI is InChI=1S/C17H17F3N4O5S/c1-10-11(8-21-16(22-10)24-7-6-23(2)30(24,27)28)15-12(17(18,19)20)4-3-5-13(15)29-9-14(25)26/h3-5,8H,6-7,9H2,1-2H3,(H,25,26). The molecule has 0 bridgehead atoms. The summed E-state index contributed by atoms with van der Waals surface area (Å²) in [7, 11) is -2.41. The molecule has 0 saturated carbocycles. The Hall–Kier alpha value is -2.93. The van der Waals surface area contributed by atoms with E-state index in [-0.39, 0.29) is 36.0 Å². The number of alkyl halides is 3. The van der Waals surface area contributed by atoms with E-state index < -0.39 is 40.1 Å². The first-order valence-corrected chi connectivity index (χ1v) is 9.95. The summed E-state index contributed by atoms with van der Waals surface area (Å²) in [5.74, 6) is -1.83. The quantitative estimate of drug-likeness (QED) is 0.747. The molecule has 13 heteroatoms. The van der Waals surface area contributed by atoms with E-state index >= 15 is 0 Å². The zero-order valence-corrected chi connectivity index (χ0v) is 16.7. The van der Waals surface area contributed by atoms with Gasteiger partial charge in [-0.1, -0.05) is 6.07 Å². The minimum Gasteiger partial charge on any atom is -0.481 e. The largest absolute Gasteiger partial charge is 0.481 e. The summed E-state index contributed by atoms with van der Waals surface area (Å²) in [4.78, 5) is 18.9. The molecule has 2 aromatic rings. The van der Waals surface area contributed by atoms with E-state index in [9.17, 15) is 26.4 Å². The number of carboxylic acids is 1. The number of hydrogen-bond donors (Lipinski definition) is 1. The number of ether oxygens (including phenoxy) is 1. The molecule has 2 heterocycles. The molecule has 0 spiro atoms. The fourth-order valence-corrected chi connectivity index (χ4v) is 4.21. The number of hydrogen-bond acceptors (Lipinski definition) is 6. The van der Waals surface area contributed by atoms with Crippen LogP contribution in [0.4, 0.5) is 19.1 Å². The Morgan fingerprint density at radius 3 is 2.53 bits per heavy atom. The summed E-state index contributed by atoms with van der Waals surface area (Å²) >= 11 is 0. The molecule has 1 aromatic heterocycles. The summed E-state index contributed by atoms with van der Waals surface area (Å²) < 4.78 is 72.5. The molecule has 1 aliphatic rings. The van der Waals surface area contributed by atoms with Crippen LogP contribution in [0.1, 0.15) is 11.3 Å². The summed E-state index contributed by atoms with van der Waals surface area (Å²) in [6, 6.07) is 3.14. The van der Waals surface area contributed by atoms with Crippen LogP contribution >= 0.6 is 0 Å². The number of carboxylic acid groups (broad SMARTS) is 1. The van der Waals surface area contributed by atoms with E-state index in [0.717, 1.165) is 26.9 Å². The van der Waals surface area contributed by atoms with Crippen molar-refractivity contribution in [3.8, 4) is 16.9 Å². The topological polar surface area (TPSA) is 113 Å². The molecule has 0 amide bonds. The maximum Gasteiger partial charge on any atom is 0.417 e. The highest BCUT2D eigenvalue weighted by Crippen LogP contribution is 2.43. The van der Waals surface area contributed by atoms with Gasteiger partial charge in [-0.2, -0.15) is 25.9 Å². The van der Waals surface area contributed by atoms with Crippen LogP contribution < -0.4 is 9.04 Å². The van der Waals surface area contributed by atoms with Gasteiger partial charge < -0.3 is 9.84 Å². The fourth-order valence-electron chi connectivity index (χ4n) is 2.96. The zero-order chi connectivity index (χ0) is 22.3. The molecule has 1 fully saturated rings. The number of nitrogens with zero attached hydrogens (tertiary/aromatic N) is 4. The van der Waals surface area contributed by atoms with E-state index in [1.165, 1.54) is 20.0 Å². The first-order chi connectivity index (χ1) is 13.9. The molecular formula is C17H17F3N4O5S. The van der Waals surface area contributed by atoms with Crippen molar-refractivity contribution in [3.63, 3.8) is 0 Å². The second-order valence-electron chi connectivity index (χ2n) is 6.43. The van der Waals surface area contributed by atoms with E-state index in [4.69, 9.17) is 9.84 Å². The Labute approximate surface area is 169 Å². The van der Waals surface area contributed by atoms with Crippen molar-refractivity contribution in [1.82, 2.24) is 14.3 Å². The van der Waals surface area contributed by atoms with Gasteiger partial charge in [-0.05, 0) is 19.1 Å². The summed E-state index contributed by atoms with van der Waals surface area (Å²) in [6.07, 6.45) is -3.69. The van der Waals surface area contributed by atoms with Gasteiger partial charge in [0.05, 0.1) is 17.8 Å². The third-order valence-electron chi connectivity index (χ3n) is 4.43. The molecule has 1 aromatic carbocycles. The van der Waals surface area contributed by atoms with Crippen LogP contribution in [0.15, 0.2) is 24.4 Å². The van der Waals surface area contributed by atoms with Crippen molar-refractivity contribution in [3.05, 3.63) is 35.7 Å². The molecule has 0 unspecified atom stereocenters. The van der Waals surface area contributed by atoms with Gasteiger partial charge >= 0.3 is 22.4 Å². The monoisotopic (exact) mass is 446 g/mol. The Bertz CT molecular complexity index is 1090. The van der Waals surface area contributed by atoms with E-state index in [2.05, 4.69) is 9.97 Å². The predicted octanol–water partition coefficient (Wildman–Crippen LogP) is 1.93. The lowest BCUT2D eigenvalue weighted by atomic mass is 9.98.